The summed E-state index contributed by atoms with van der Waals surface area (Å²) in [5.41, 5.74) is 2.61. The average molecular weight is 367 g/mol. The molecule has 5 heteroatoms. The topological polar surface area (TPSA) is 41.5 Å². The molecule has 27 heavy (non-hydrogen) atoms. The van der Waals surface area contributed by atoms with Gasteiger partial charge in [-0.15, -0.1) is 0 Å². The second kappa shape index (κ2) is 9.40. The zero-order valence-electron chi connectivity index (χ0n) is 16.0. The summed E-state index contributed by atoms with van der Waals surface area (Å²) in [6.07, 6.45) is 13.1. The van der Waals surface area contributed by atoms with Gasteiger partial charge in [-0.3, -0.25) is 19.8 Å². The van der Waals surface area contributed by atoms with Gasteiger partial charge < -0.3 is 4.74 Å². The predicted octanol–water partition coefficient (Wildman–Crippen LogP) is 3.12. The van der Waals surface area contributed by atoms with Crippen LogP contribution in [0.2, 0.25) is 0 Å². The Morgan fingerprint density at radius 2 is 1.19 bits per heavy atom. The van der Waals surface area contributed by atoms with Crippen LogP contribution in [-0.4, -0.2) is 58.2 Å². The van der Waals surface area contributed by atoms with Gasteiger partial charge in [0, 0.05) is 64.1 Å². The van der Waals surface area contributed by atoms with Crippen molar-refractivity contribution in [1.82, 2.24) is 19.8 Å². The van der Waals surface area contributed by atoms with Crippen molar-refractivity contribution in [2.24, 2.45) is 0 Å². The standard InChI is InChI=1S/C22H30N4O/c1-3-19(15-23-9-1)17-25-11-5-21(6-12-25)27-22-7-13-26(14-8-22)18-20-4-2-10-24-16-20/h1-4,9-10,15-16,21-22H,5-8,11-14,17-18H2. The third-order valence-electron chi connectivity index (χ3n) is 5.71. The van der Waals surface area contributed by atoms with Gasteiger partial charge >= 0.3 is 0 Å². The van der Waals surface area contributed by atoms with Crippen molar-refractivity contribution < 1.29 is 4.74 Å². The number of rotatable bonds is 6. The lowest BCUT2D eigenvalue weighted by atomic mass is 10.0. The molecule has 2 aliphatic rings. The second-order valence-electron chi connectivity index (χ2n) is 7.81. The third kappa shape index (κ3) is 5.58. The first-order valence-electron chi connectivity index (χ1n) is 10.2. The molecule has 4 heterocycles. The Morgan fingerprint density at radius 1 is 0.741 bits per heavy atom. The Bertz CT molecular complexity index is 606. The normalized spacial score (nSPS) is 20.7. The van der Waals surface area contributed by atoms with Gasteiger partial charge in [0.05, 0.1) is 12.2 Å². The van der Waals surface area contributed by atoms with Crippen molar-refractivity contribution in [3.63, 3.8) is 0 Å². The number of likely N-dealkylation sites (tertiary alicyclic amines) is 2. The Labute approximate surface area is 162 Å². The lowest BCUT2D eigenvalue weighted by Gasteiger charge is -2.37. The van der Waals surface area contributed by atoms with Crippen molar-refractivity contribution in [2.45, 2.75) is 51.0 Å². The van der Waals surface area contributed by atoms with E-state index in [1.807, 2.05) is 36.9 Å². The highest BCUT2D eigenvalue weighted by Gasteiger charge is 2.26. The fraction of sp³-hybridized carbons (Fsp3) is 0.545. The van der Waals surface area contributed by atoms with Crippen molar-refractivity contribution in [3.05, 3.63) is 60.2 Å². The molecule has 2 aromatic heterocycles. The van der Waals surface area contributed by atoms with E-state index in [-0.39, 0.29) is 0 Å². The summed E-state index contributed by atoms with van der Waals surface area (Å²) in [6.45, 7) is 6.51. The molecule has 0 aromatic carbocycles. The van der Waals surface area contributed by atoms with Gasteiger partial charge in [0.1, 0.15) is 0 Å². The van der Waals surface area contributed by atoms with Crippen LogP contribution in [0.3, 0.4) is 0 Å². The average Bonchev–Trinajstić information content (AvgIpc) is 2.73. The number of hydrogen-bond donors (Lipinski definition) is 0. The van der Waals surface area contributed by atoms with Gasteiger partial charge in [0.25, 0.3) is 0 Å². The molecule has 0 saturated carbocycles. The van der Waals surface area contributed by atoms with E-state index < -0.39 is 0 Å². The molecule has 0 aliphatic carbocycles. The molecule has 0 N–H and O–H groups in total. The maximum absolute atomic E-state index is 6.45. The molecule has 2 aromatic rings. The highest BCUT2D eigenvalue weighted by atomic mass is 16.5. The number of ether oxygens (including phenoxy) is 1. The SMILES string of the molecule is c1cncc(CN2CCC(OC3CCN(Cc4cccnc4)CC3)CC2)c1. The van der Waals surface area contributed by atoms with Crippen LogP contribution < -0.4 is 0 Å². The Kier molecular flexibility index (Phi) is 6.45. The van der Waals surface area contributed by atoms with Crippen LogP contribution in [0.25, 0.3) is 0 Å². The molecule has 0 amide bonds. The minimum absolute atomic E-state index is 0.435. The zero-order chi connectivity index (χ0) is 18.3. The van der Waals surface area contributed by atoms with Gasteiger partial charge in [-0.25, -0.2) is 0 Å². The largest absolute Gasteiger partial charge is 0.375 e. The quantitative estimate of drug-likeness (QED) is 0.786. The van der Waals surface area contributed by atoms with E-state index in [0.717, 1.165) is 65.0 Å². The minimum atomic E-state index is 0.435. The number of hydrogen-bond acceptors (Lipinski definition) is 5. The number of piperidine rings is 2. The fourth-order valence-electron chi connectivity index (χ4n) is 4.18. The fourth-order valence-corrected chi connectivity index (χ4v) is 4.18. The summed E-state index contributed by atoms with van der Waals surface area (Å²) in [5, 5.41) is 0. The van der Waals surface area contributed by atoms with Gasteiger partial charge in [-0.05, 0) is 48.9 Å². The maximum Gasteiger partial charge on any atom is 0.0603 e. The van der Waals surface area contributed by atoms with Crippen LogP contribution in [0.1, 0.15) is 36.8 Å². The Balaban J connectivity index is 1.15. The lowest BCUT2D eigenvalue weighted by Crippen LogP contribution is -2.41. The monoisotopic (exact) mass is 366 g/mol. The second-order valence-corrected chi connectivity index (χ2v) is 7.81. The van der Waals surface area contributed by atoms with E-state index in [9.17, 15) is 0 Å². The van der Waals surface area contributed by atoms with Crippen molar-refractivity contribution in [2.75, 3.05) is 26.2 Å². The lowest BCUT2D eigenvalue weighted by molar-refractivity contribution is -0.0664. The highest BCUT2D eigenvalue weighted by Crippen LogP contribution is 2.22. The number of aromatic nitrogens is 2. The molecule has 144 valence electrons. The summed E-state index contributed by atoms with van der Waals surface area (Å²) < 4.78 is 6.45. The van der Waals surface area contributed by atoms with Crippen molar-refractivity contribution >= 4 is 0 Å². The van der Waals surface area contributed by atoms with Crippen molar-refractivity contribution in [3.8, 4) is 0 Å². The molecule has 2 saturated heterocycles. The number of pyridine rings is 2. The Hall–Kier alpha value is -1.82. The molecule has 2 aliphatic heterocycles. The third-order valence-corrected chi connectivity index (χ3v) is 5.71. The summed E-state index contributed by atoms with van der Waals surface area (Å²) in [7, 11) is 0. The Morgan fingerprint density at radius 3 is 1.56 bits per heavy atom. The van der Waals surface area contributed by atoms with Crippen LogP contribution in [0.15, 0.2) is 49.1 Å². The maximum atomic E-state index is 6.45. The van der Waals surface area contributed by atoms with Gasteiger partial charge in [-0.1, -0.05) is 12.1 Å². The molecule has 0 radical (unpaired) electrons. The van der Waals surface area contributed by atoms with E-state index in [2.05, 4.69) is 31.9 Å². The first kappa shape index (κ1) is 18.5. The molecular formula is C22H30N4O. The van der Waals surface area contributed by atoms with Gasteiger partial charge in [0.15, 0.2) is 0 Å². The molecule has 0 bridgehead atoms. The molecule has 5 nitrogen and oxygen atoms in total. The molecule has 4 rings (SSSR count). The van der Waals surface area contributed by atoms with E-state index in [1.54, 1.807) is 0 Å². The molecule has 0 spiro atoms. The van der Waals surface area contributed by atoms with E-state index in [4.69, 9.17) is 4.74 Å². The summed E-state index contributed by atoms with van der Waals surface area (Å²) >= 11 is 0. The van der Waals surface area contributed by atoms with Gasteiger partial charge in [0.2, 0.25) is 0 Å². The zero-order valence-corrected chi connectivity index (χ0v) is 16.0. The van der Waals surface area contributed by atoms with Crippen LogP contribution >= 0.6 is 0 Å². The summed E-state index contributed by atoms with van der Waals surface area (Å²) in [4.78, 5) is 13.5. The highest BCUT2D eigenvalue weighted by molar-refractivity contribution is 5.09. The van der Waals surface area contributed by atoms with Crippen LogP contribution in [0.5, 0.6) is 0 Å². The first-order chi connectivity index (χ1) is 13.3. The summed E-state index contributed by atoms with van der Waals surface area (Å²) in [5.74, 6) is 0. The molecule has 2 fully saturated rings. The van der Waals surface area contributed by atoms with E-state index >= 15 is 0 Å². The summed E-state index contributed by atoms with van der Waals surface area (Å²) in [6, 6.07) is 8.36. The number of nitrogens with zero attached hydrogens (tertiary/aromatic N) is 4. The minimum Gasteiger partial charge on any atom is -0.375 e. The first-order valence-corrected chi connectivity index (χ1v) is 10.2. The van der Waals surface area contributed by atoms with Crippen LogP contribution in [0, 0.1) is 0 Å². The molecule has 0 atom stereocenters. The smallest absolute Gasteiger partial charge is 0.0603 e. The van der Waals surface area contributed by atoms with Crippen LogP contribution in [-0.2, 0) is 17.8 Å². The van der Waals surface area contributed by atoms with Crippen LogP contribution in [0.4, 0.5) is 0 Å². The van der Waals surface area contributed by atoms with Crippen molar-refractivity contribution in [1.29, 1.82) is 0 Å². The predicted molar refractivity (Wildman–Crippen MR) is 106 cm³/mol. The van der Waals surface area contributed by atoms with Gasteiger partial charge in [-0.2, -0.15) is 0 Å². The molecular weight excluding hydrogens is 336 g/mol. The van der Waals surface area contributed by atoms with E-state index in [1.165, 1.54) is 11.1 Å². The molecule has 0 unspecified atom stereocenters. The van der Waals surface area contributed by atoms with E-state index in [0.29, 0.717) is 12.2 Å².